The van der Waals surface area contributed by atoms with Crippen molar-refractivity contribution in [2.45, 2.75) is 148 Å². The molecule has 0 aromatic heterocycles. The van der Waals surface area contributed by atoms with Crippen LogP contribution in [0.4, 0.5) is 0 Å². The zero-order valence-electron chi connectivity index (χ0n) is 26.2. The van der Waals surface area contributed by atoms with Gasteiger partial charge in [-0.05, 0) is 19.3 Å². The van der Waals surface area contributed by atoms with Crippen LogP contribution in [0.1, 0.15) is 136 Å². The summed E-state index contributed by atoms with van der Waals surface area (Å²) in [5.74, 6) is -1.03. The van der Waals surface area contributed by atoms with Gasteiger partial charge >= 0.3 is 19.8 Å². The van der Waals surface area contributed by atoms with Gasteiger partial charge in [0.05, 0.1) is 26.2 Å². The number of allylic oxidation sites excluding steroid dienone is 1. The quantitative estimate of drug-likeness (QED) is 0.0333. The number of rotatable bonds is 30. The van der Waals surface area contributed by atoms with Gasteiger partial charge in [0.15, 0.2) is 6.10 Å². The van der Waals surface area contributed by atoms with E-state index in [1.807, 2.05) is 6.08 Å². The molecule has 0 amide bonds. The summed E-state index contributed by atoms with van der Waals surface area (Å²) >= 11 is 0. The van der Waals surface area contributed by atoms with Crippen LogP contribution in [-0.2, 0) is 32.7 Å². The van der Waals surface area contributed by atoms with Crippen molar-refractivity contribution in [1.82, 2.24) is 0 Å². The standard InChI is InChI=1S/C31H59O10P/c1-3-5-7-9-11-12-13-14-15-16-17-19-21-23-31(35)41-29(27-40-42(36,37)39-25-28(33)24-32)26-38-30(34)22-20-18-10-8-6-4-2/h18,20,28-29,32-33H,3-17,19,21-27H2,1-2H3,(H,36,37)/b20-18-/t28-,29+/m0/s1. The molecular weight excluding hydrogens is 563 g/mol. The number of hydrogen-bond acceptors (Lipinski definition) is 9. The second-order valence-corrected chi connectivity index (χ2v) is 12.3. The molecule has 0 fully saturated rings. The first kappa shape index (κ1) is 40.7. The SMILES string of the molecule is CCCCC/C=C\CC(=O)OC[C@H](COP(=O)(O)OC[C@@H](O)CO)OC(=O)CCCCCCCCCCCCCCC. The predicted octanol–water partition coefficient (Wildman–Crippen LogP) is 6.94. The van der Waals surface area contributed by atoms with Gasteiger partial charge in [0, 0.05) is 6.42 Å². The summed E-state index contributed by atoms with van der Waals surface area (Å²) in [5, 5.41) is 18.1. The summed E-state index contributed by atoms with van der Waals surface area (Å²) < 4.78 is 32.2. The van der Waals surface area contributed by atoms with Crippen molar-refractivity contribution in [2.24, 2.45) is 0 Å². The molecule has 0 aliphatic heterocycles. The Bertz CT molecular complexity index is 731. The first-order chi connectivity index (χ1) is 20.2. The summed E-state index contributed by atoms with van der Waals surface area (Å²) in [6.07, 6.45) is 21.1. The lowest BCUT2D eigenvalue weighted by Crippen LogP contribution is -2.29. The lowest BCUT2D eigenvalue weighted by molar-refractivity contribution is -0.160. The minimum Gasteiger partial charge on any atom is -0.461 e. The van der Waals surface area contributed by atoms with E-state index in [1.165, 1.54) is 57.8 Å². The molecule has 0 heterocycles. The van der Waals surface area contributed by atoms with Gasteiger partial charge in [0.1, 0.15) is 12.7 Å². The van der Waals surface area contributed by atoms with Crippen LogP contribution in [-0.4, -0.2) is 65.7 Å². The van der Waals surface area contributed by atoms with Gasteiger partial charge in [-0.1, -0.05) is 116 Å². The lowest BCUT2D eigenvalue weighted by atomic mass is 10.0. The Kier molecular flexibility index (Phi) is 27.6. The van der Waals surface area contributed by atoms with Crippen molar-refractivity contribution in [1.29, 1.82) is 0 Å². The number of unbranched alkanes of at least 4 members (excludes halogenated alkanes) is 15. The van der Waals surface area contributed by atoms with E-state index in [0.29, 0.717) is 6.42 Å². The largest absolute Gasteiger partial charge is 0.472 e. The van der Waals surface area contributed by atoms with Gasteiger partial charge in [-0.2, -0.15) is 0 Å². The summed E-state index contributed by atoms with van der Waals surface area (Å²) in [6.45, 7) is 2.19. The third-order valence-electron chi connectivity index (χ3n) is 6.70. The van der Waals surface area contributed by atoms with Gasteiger partial charge < -0.3 is 24.6 Å². The molecule has 0 spiro atoms. The molecule has 0 rings (SSSR count). The Hall–Kier alpha value is -1.29. The summed E-state index contributed by atoms with van der Waals surface area (Å²) in [6, 6.07) is 0. The highest BCUT2D eigenvalue weighted by atomic mass is 31.2. The minimum atomic E-state index is -4.60. The van der Waals surface area contributed by atoms with Crippen LogP contribution >= 0.6 is 7.82 Å². The molecule has 0 aromatic carbocycles. The number of ether oxygens (including phenoxy) is 2. The maximum absolute atomic E-state index is 12.4. The van der Waals surface area contributed by atoms with Gasteiger partial charge in [0.25, 0.3) is 0 Å². The van der Waals surface area contributed by atoms with Gasteiger partial charge in [-0.15, -0.1) is 0 Å². The molecule has 3 atom stereocenters. The van der Waals surface area contributed by atoms with Crippen molar-refractivity contribution in [3.8, 4) is 0 Å². The summed E-state index contributed by atoms with van der Waals surface area (Å²) in [5.41, 5.74) is 0. The fourth-order valence-corrected chi connectivity index (χ4v) is 4.94. The number of phosphoric acid groups is 1. The van der Waals surface area contributed by atoms with Crippen LogP contribution in [0.3, 0.4) is 0 Å². The van der Waals surface area contributed by atoms with E-state index in [-0.39, 0.29) is 19.4 Å². The molecule has 10 nitrogen and oxygen atoms in total. The molecule has 0 saturated carbocycles. The monoisotopic (exact) mass is 622 g/mol. The molecule has 11 heteroatoms. The highest BCUT2D eigenvalue weighted by Gasteiger charge is 2.27. The van der Waals surface area contributed by atoms with Crippen LogP contribution in [0.2, 0.25) is 0 Å². The smallest absolute Gasteiger partial charge is 0.461 e. The lowest BCUT2D eigenvalue weighted by Gasteiger charge is -2.20. The summed E-state index contributed by atoms with van der Waals surface area (Å²) in [7, 11) is -4.60. The van der Waals surface area contributed by atoms with Crippen LogP contribution in [0, 0.1) is 0 Å². The van der Waals surface area contributed by atoms with Crippen molar-refractivity contribution in [3.05, 3.63) is 12.2 Å². The van der Waals surface area contributed by atoms with Crippen LogP contribution in [0.25, 0.3) is 0 Å². The maximum atomic E-state index is 12.4. The van der Waals surface area contributed by atoms with E-state index in [2.05, 4.69) is 18.4 Å². The average molecular weight is 623 g/mol. The molecule has 42 heavy (non-hydrogen) atoms. The first-order valence-electron chi connectivity index (χ1n) is 16.1. The Labute approximate surface area is 254 Å². The molecule has 1 unspecified atom stereocenters. The van der Waals surface area contributed by atoms with Crippen molar-refractivity contribution >= 4 is 19.8 Å². The number of hydrogen-bond donors (Lipinski definition) is 3. The predicted molar refractivity (Wildman–Crippen MR) is 164 cm³/mol. The first-order valence-corrected chi connectivity index (χ1v) is 17.6. The fourth-order valence-electron chi connectivity index (χ4n) is 4.15. The van der Waals surface area contributed by atoms with Gasteiger partial charge in [0.2, 0.25) is 0 Å². The normalized spacial score (nSPS) is 14.5. The Balaban J connectivity index is 4.42. The third kappa shape index (κ3) is 27.5. The van der Waals surface area contributed by atoms with Crippen LogP contribution in [0.5, 0.6) is 0 Å². The number of aliphatic hydroxyl groups excluding tert-OH is 2. The second kappa shape index (κ2) is 28.5. The molecule has 248 valence electrons. The molecular formula is C31H59O10P. The van der Waals surface area contributed by atoms with E-state index in [9.17, 15) is 24.2 Å². The molecule has 3 N–H and O–H groups in total. The van der Waals surface area contributed by atoms with E-state index < -0.39 is 51.8 Å². The number of carbonyl (C=O) groups excluding carboxylic acids is 2. The van der Waals surface area contributed by atoms with E-state index in [1.54, 1.807) is 6.08 Å². The molecule has 0 aliphatic rings. The summed E-state index contributed by atoms with van der Waals surface area (Å²) in [4.78, 5) is 34.4. The van der Waals surface area contributed by atoms with E-state index in [4.69, 9.17) is 19.1 Å². The highest BCUT2D eigenvalue weighted by Crippen LogP contribution is 2.43. The van der Waals surface area contributed by atoms with Crippen molar-refractivity contribution in [2.75, 3.05) is 26.4 Å². The molecule has 0 bridgehead atoms. The molecule has 0 radical (unpaired) electrons. The van der Waals surface area contributed by atoms with Crippen molar-refractivity contribution in [3.63, 3.8) is 0 Å². The maximum Gasteiger partial charge on any atom is 0.472 e. The minimum absolute atomic E-state index is 0.0628. The van der Waals surface area contributed by atoms with Gasteiger partial charge in [-0.25, -0.2) is 4.57 Å². The fraction of sp³-hybridized carbons (Fsp3) is 0.871. The Morgan fingerprint density at radius 2 is 1.24 bits per heavy atom. The van der Waals surface area contributed by atoms with Crippen molar-refractivity contribution < 1.29 is 47.8 Å². The zero-order chi connectivity index (χ0) is 31.3. The average Bonchev–Trinajstić information content (AvgIpc) is 2.97. The van der Waals surface area contributed by atoms with Crippen LogP contribution < -0.4 is 0 Å². The zero-order valence-corrected chi connectivity index (χ0v) is 27.1. The molecule has 0 aromatic rings. The second-order valence-electron chi connectivity index (χ2n) is 10.9. The van der Waals surface area contributed by atoms with Crippen LogP contribution in [0.15, 0.2) is 12.2 Å². The van der Waals surface area contributed by atoms with Gasteiger partial charge in [-0.3, -0.25) is 18.6 Å². The number of esters is 2. The Morgan fingerprint density at radius 3 is 1.81 bits per heavy atom. The third-order valence-corrected chi connectivity index (χ3v) is 7.65. The highest BCUT2D eigenvalue weighted by molar-refractivity contribution is 7.47. The number of carbonyl (C=O) groups is 2. The topological polar surface area (TPSA) is 149 Å². The molecule has 0 aliphatic carbocycles. The van der Waals surface area contributed by atoms with E-state index in [0.717, 1.165) is 44.9 Å². The Morgan fingerprint density at radius 1 is 0.714 bits per heavy atom. The number of aliphatic hydroxyl groups is 2. The number of phosphoric ester groups is 1. The van der Waals surface area contributed by atoms with E-state index >= 15 is 0 Å². The molecule has 0 saturated heterocycles.